The summed E-state index contributed by atoms with van der Waals surface area (Å²) >= 11 is 0. The molecule has 2 N–H and O–H groups in total. The Morgan fingerprint density at radius 2 is 1.77 bits per heavy atom. The van der Waals surface area contributed by atoms with Gasteiger partial charge in [-0.25, -0.2) is 8.78 Å². The lowest BCUT2D eigenvalue weighted by atomic mass is 10.1. The van der Waals surface area contributed by atoms with Gasteiger partial charge >= 0.3 is 0 Å². The fourth-order valence-electron chi connectivity index (χ4n) is 1.19. The number of halogens is 2. The van der Waals surface area contributed by atoms with Gasteiger partial charge in [0, 0.05) is 11.6 Å². The highest BCUT2D eigenvalue weighted by Gasteiger charge is 2.07. The van der Waals surface area contributed by atoms with Crippen molar-refractivity contribution in [2.75, 3.05) is 0 Å². The summed E-state index contributed by atoms with van der Waals surface area (Å²) in [6.07, 6.45) is 0.494. The van der Waals surface area contributed by atoms with Crippen LogP contribution in [0.3, 0.4) is 0 Å². The molecule has 0 aliphatic rings. The molecular weight excluding hydrogens is 172 g/mol. The summed E-state index contributed by atoms with van der Waals surface area (Å²) in [5.41, 5.74) is 6.19. The Labute approximate surface area is 76.6 Å². The van der Waals surface area contributed by atoms with Gasteiger partial charge in [0.2, 0.25) is 0 Å². The summed E-state index contributed by atoms with van der Waals surface area (Å²) in [5.74, 6) is -1.01. The van der Waals surface area contributed by atoms with E-state index in [0.29, 0.717) is 12.0 Å². The third kappa shape index (κ3) is 2.49. The molecule has 1 nitrogen and oxygen atoms in total. The van der Waals surface area contributed by atoms with Gasteiger partial charge in [0.1, 0.15) is 11.6 Å². The molecule has 0 bridgehead atoms. The van der Waals surface area contributed by atoms with Crippen LogP contribution in [0, 0.1) is 18.6 Å². The Kier molecular flexibility index (Phi) is 2.98. The summed E-state index contributed by atoms with van der Waals surface area (Å²) in [6, 6.07) is 2.59. The smallest absolute Gasteiger partial charge is 0.129 e. The topological polar surface area (TPSA) is 26.0 Å². The van der Waals surface area contributed by atoms with Gasteiger partial charge < -0.3 is 5.73 Å². The van der Waals surface area contributed by atoms with Crippen molar-refractivity contribution >= 4 is 0 Å². The predicted octanol–water partition coefficient (Wildman–Crippen LogP) is 2.16. The Morgan fingerprint density at radius 3 is 2.15 bits per heavy atom. The molecule has 72 valence electrons. The van der Waals surface area contributed by atoms with Gasteiger partial charge in [0.25, 0.3) is 0 Å². The normalized spacial score (nSPS) is 13.0. The molecule has 0 heterocycles. The Hall–Kier alpha value is -0.960. The largest absolute Gasteiger partial charge is 0.328 e. The molecule has 1 rings (SSSR count). The van der Waals surface area contributed by atoms with E-state index in [9.17, 15) is 8.78 Å². The Bertz CT molecular complexity index is 285. The van der Waals surface area contributed by atoms with E-state index < -0.39 is 11.6 Å². The molecule has 1 aromatic rings. The van der Waals surface area contributed by atoms with Gasteiger partial charge in [-0.05, 0) is 38.0 Å². The van der Waals surface area contributed by atoms with E-state index in [1.807, 2.05) is 0 Å². The van der Waals surface area contributed by atoms with Crippen LogP contribution in [0.1, 0.15) is 18.1 Å². The maximum atomic E-state index is 13.0. The standard InChI is InChI=1S/C10H13F2N/c1-6(13)3-8-4-9(11)7(2)10(12)5-8/h4-6H,3,13H2,1-2H3. The van der Waals surface area contributed by atoms with E-state index in [1.165, 1.54) is 19.1 Å². The van der Waals surface area contributed by atoms with Gasteiger partial charge in [0.05, 0.1) is 0 Å². The predicted molar refractivity (Wildman–Crippen MR) is 48.4 cm³/mol. The van der Waals surface area contributed by atoms with Crippen molar-refractivity contribution in [3.63, 3.8) is 0 Å². The highest BCUT2D eigenvalue weighted by molar-refractivity contribution is 5.25. The van der Waals surface area contributed by atoms with Gasteiger partial charge in [0.15, 0.2) is 0 Å². The molecule has 0 amide bonds. The van der Waals surface area contributed by atoms with E-state index in [-0.39, 0.29) is 11.6 Å². The van der Waals surface area contributed by atoms with Crippen LogP contribution in [0.5, 0.6) is 0 Å². The van der Waals surface area contributed by atoms with E-state index >= 15 is 0 Å². The van der Waals surface area contributed by atoms with Crippen LogP contribution in [-0.4, -0.2) is 6.04 Å². The van der Waals surface area contributed by atoms with Crippen LogP contribution in [-0.2, 0) is 6.42 Å². The van der Waals surface area contributed by atoms with Crippen molar-refractivity contribution in [2.24, 2.45) is 5.73 Å². The minimum Gasteiger partial charge on any atom is -0.328 e. The minimum atomic E-state index is -0.504. The van der Waals surface area contributed by atoms with Crippen molar-refractivity contribution in [3.8, 4) is 0 Å². The average molecular weight is 185 g/mol. The lowest BCUT2D eigenvalue weighted by Gasteiger charge is -2.07. The number of nitrogens with two attached hydrogens (primary N) is 1. The van der Waals surface area contributed by atoms with Gasteiger partial charge in [-0.3, -0.25) is 0 Å². The summed E-state index contributed by atoms with van der Waals surface area (Å²) in [4.78, 5) is 0. The van der Waals surface area contributed by atoms with E-state index in [0.717, 1.165) is 0 Å². The summed E-state index contributed by atoms with van der Waals surface area (Å²) < 4.78 is 26.0. The molecule has 0 aliphatic carbocycles. The van der Waals surface area contributed by atoms with Crippen LogP contribution in [0.4, 0.5) is 8.78 Å². The first-order valence-electron chi connectivity index (χ1n) is 4.21. The molecule has 0 saturated carbocycles. The third-order valence-electron chi connectivity index (χ3n) is 1.90. The molecule has 0 spiro atoms. The molecule has 1 aromatic carbocycles. The van der Waals surface area contributed by atoms with Gasteiger partial charge in [-0.1, -0.05) is 0 Å². The SMILES string of the molecule is Cc1c(F)cc(CC(C)N)cc1F. The van der Waals surface area contributed by atoms with Crippen LogP contribution in [0.25, 0.3) is 0 Å². The molecule has 1 unspecified atom stereocenters. The summed E-state index contributed by atoms with van der Waals surface area (Å²) in [7, 11) is 0. The van der Waals surface area contributed by atoms with Crippen LogP contribution < -0.4 is 5.73 Å². The zero-order chi connectivity index (χ0) is 10.0. The molecular formula is C10H13F2N. The molecule has 1 atom stereocenters. The Balaban J connectivity index is 2.99. The van der Waals surface area contributed by atoms with Crippen molar-refractivity contribution in [1.82, 2.24) is 0 Å². The number of hydrogen-bond acceptors (Lipinski definition) is 1. The monoisotopic (exact) mass is 185 g/mol. The van der Waals surface area contributed by atoms with Crippen molar-refractivity contribution < 1.29 is 8.78 Å². The van der Waals surface area contributed by atoms with Crippen LogP contribution in [0.15, 0.2) is 12.1 Å². The lowest BCUT2D eigenvalue weighted by molar-refractivity contribution is 0.562. The maximum Gasteiger partial charge on any atom is 0.129 e. The number of benzene rings is 1. The third-order valence-corrected chi connectivity index (χ3v) is 1.90. The minimum absolute atomic E-state index is 0.0634. The van der Waals surface area contributed by atoms with Gasteiger partial charge in [-0.15, -0.1) is 0 Å². The maximum absolute atomic E-state index is 13.0. The molecule has 3 heteroatoms. The molecule has 0 aromatic heterocycles. The van der Waals surface area contributed by atoms with Crippen LogP contribution in [0.2, 0.25) is 0 Å². The molecule has 0 radical (unpaired) electrons. The van der Waals surface area contributed by atoms with Gasteiger partial charge in [-0.2, -0.15) is 0 Å². The molecule has 0 fully saturated rings. The fourth-order valence-corrected chi connectivity index (χ4v) is 1.19. The first kappa shape index (κ1) is 10.1. The van der Waals surface area contributed by atoms with Crippen molar-refractivity contribution in [1.29, 1.82) is 0 Å². The second-order valence-electron chi connectivity index (χ2n) is 3.37. The van der Waals surface area contributed by atoms with E-state index in [4.69, 9.17) is 5.73 Å². The first-order chi connectivity index (χ1) is 6.00. The number of rotatable bonds is 2. The second kappa shape index (κ2) is 3.83. The number of hydrogen-bond donors (Lipinski definition) is 1. The highest BCUT2D eigenvalue weighted by atomic mass is 19.1. The Morgan fingerprint density at radius 1 is 1.31 bits per heavy atom. The molecule has 0 aliphatic heterocycles. The van der Waals surface area contributed by atoms with E-state index in [2.05, 4.69) is 0 Å². The fraction of sp³-hybridized carbons (Fsp3) is 0.400. The quantitative estimate of drug-likeness (QED) is 0.750. The summed E-state index contributed by atoms with van der Waals surface area (Å²) in [6.45, 7) is 3.22. The van der Waals surface area contributed by atoms with Crippen LogP contribution >= 0.6 is 0 Å². The molecule has 0 saturated heterocycles. The van der Waals surface area contributed by atoms with Crippen molar-refractivity contribution in [3.05, 3.63) is 34.9 Å². The lowest BCUT2D eigenvalue weighted by Crippen LogP contribution is -2.18. The van der Waals surface area contributed by atoms with Crippen molar-refractivity contribution in [2.45, 2.75) is 26.3 Å². The zero-order valence-corrected chi connectivity index (χ0v) is 7.77. The molecule has 13 heavy (non-hydrogen) atoms. The highest BCUT2D eigenvalue weighted by Crippen LogP contribution is 2.14. The van der Waals surface area contributed by atoms with E-state index in [1.54, 1.807) is 6.92 Å². The first-order valence-corrected chi connectivity index (χ1v) is 4.21. The average Bonchev–Trinajstić information content (AvgIpc) is 1.98. The zero-order valence-electron chi connectivity index (χ0n) is 7.77. The summed E-state index contributed by atoms with van der Waals surface area (Å²) in [5, 5.41) is 0. The second-order valence-corrected chi connectivity index (χ2v) is 3.37.